The Morgan fingerprint density at radius 1 is 1.46 bits per heavy atom. The number of hydrogen-bond donors (Lipinski definition) is 2. The van der Waals surface area contributed by atoms with E-state index < -0.39 is 0 Å². The molecule has 0 saturated heterocycles. The highest BCUT2D eigenvalue weighted by atomic mass is 32.1. The Kier molecular flexibility index (Phi) is 1.81. The summed E-state index contributed by atoms with van der Waals surface area (Å²) in [6.07, 6.45) is 0. The minimum atomic E-state index is 0.514. The summed E-state index contributed by atoms with van der Waals surface area (Å²) in [6, 6.07) is 1.82. The highest BCUT2D eigenvalue weighted by molar-refractivity contribution is 7.15. The Morgan fingerprint density at radius 3 is 2.69 bits per heavy atom. The van der Waals surface area contributed by atoms with E-state index in [9.17, 15) is 0 Å². The summed E-state index contributed by atoms with van der Waals surface area (Å²) in [7, 11) is 0. The van der Waals surface area contributed by atoms with E-state index in [1.165, 1.54) is 0 Å². The molecule has 0 aliphatic heterocycles. The zero-order valence-electron chi connectivity index (χ0n) is 7.46. The Morgan fingerprint density at radius 2 is 2.23 bits per heavy atom. The third kappa shape index (κ3) is 1.42. The van der Waals surface area contributed by atoms with Crippen LogP contribution >= 0.6 is 11.3 Å². The van der Waals surface area contributed by atoms with Crippen LogP contribution < -0.4 is 5.73 Å². The van der Waals surface area contributed by atoms with Crippen molar-refractivity contribution < 1.29 is 0 Å². The molecule has 0 bridgehead atoms. The van der Waals surface area contributed by atoms with Crippen LogP contribution in [-0.2, 0) is 0 Å². The van der Waals surface area contributed by atoms with E-state index in [4.69, 9.17) is 5.73 Å². The molecule has 0 aliphatic carbocycles. The van der Waals surface area contributed by atoms with Gasteiger partial charge in [0.15, 0.2) is 0 Å². The van der Waals surface area contributed by atoms with Crippen LogP contribution in [0.3, 0.4) is 0 Å². The highest BCUT2D eigenvalue weighted by Crippen LogP contribution is 2.28. The number of rotatable bonds is 1. The van der Waals surface area contributed by atoms with Crippen LogP contribution in [0.5, 0.6) is 0 Å². The molecule has 0 radical (unpaired) electrons. The maximum absolute atomic E-state index is 5.51. The predicted molar refractivity (Wildman–Crippen MR) is 53.6 cm³/mol. The van der Waals surface area contributed by atoms with Gasteiger partial charge in [0.1, 0.15) is 5.82 Å². The van der Waals surface area contributed by atoms with Gasteiger partial charge >= 0.3 is 0 Å². The number of anilines is 1. The van der Waals surface area contributed by atoms with E-state index in [1.54, 1.807) is 11.3 Å². The van der Waals surface area contributed by atoms with Gasteiger partial charge in [-0.25, -0.2) is 4.98 Å². The molecule has 0 fully saturated rings. The smallest absolute Gasteiger partial charge is 0.145 e. The van der Waals surface area contributed by atoms with Crippen molar-refractivity contribution in [2.24, 2.45) is 0 Å². The van der Waals surface area contributed by atoms with Gasteiger partial charge in [-0.05, 0) is 13.8 Å². The summed E-state index contributed by atoms with van der Waals surface area (Å²) < 4.78 is 0. The number of thiazole rings is 1. The van der Waals surface area contributed by atoms with Crippen LogP contribution in [0.1, 0.15) is 10.7 Å². The minimum Gasteiger partial charge on any atom is -0.382 e. The van der Waals surface area contributed by atoms with Crippen molar-refractivity contribution in [1.29, 1.82) is 0 Å². The summed E-state index contributed by atoms with van der Waals surface area (Å²) >= 11 is 1.64. The predicted octanol–water partition coefficient (Wildman–Crippen LogP) is 1.73. The van der Waals surface area contributed by atoms with Crippen molar-refractivity contribution >= 4 is 17.2 Å². The molecule has 2 rings (SSSR count). The number of nitrogen functional groups attached to an aromatic ring is 1. The second-order valence-corrected chi connectivity index (χ2v) is 4.06. The average molecular weight is 194 g/mol. The van der Waals surface area contributed by atoms with E-state index in [0.29, 0.717) is 5.82 Å². The van der Waals surface area contributed by atoms with Crippen molar-refractivity contribution in [3.05, 3.63) is 16.8 Å². The zero-order valence-corrected chi connectivity index (χ0v) is 8.27. The lowest BCUT2D eigenvalue weighted by Crippen LogP contribution is -1.81. The summed E-state index contributed by atoms with van der Waals surface area (Å²) in [5, 5.41) is 7.80. The molecule has 0 aromatic carbocycles. The second-order valence-electron chi connectivity index (χ2n) is 2.85. The number of nitrogens with two attached hydrogens (primary N) is 1. The molecule has 2 aromatic heterocycles. The van der Waals surface area contributed by atoms with Crippen molar-refractivity contribution in [2.45, 2.75) is 13.8 Å². The number of nitrogens with zero attached hydrogens (tertiary/aromatic N) is 2. The SMILES string of the molecule is Cc1nc(C)c(-c2cc(N)n[nH]2)s1. The maximum Gasteiger partial charge on any atom is 0.145 e. The normalized spacial score (nSPS) is 10.6. The van der Waals surface area contributed by atoms with Gasteiger partial charge in [-0.3, -0.25) is 5.10 Å². The zero-order chi connectivity index (χ0) is 9.42. The van der Waals surface area contributed by atoms with Crippen LogP contribution in [0.4, 0.5) is 5.82 Å². The fourth-order valence-corrected chi connectivity index (χ4v) is 2.12. The van der Waals surface area contributed by atoms with Gasteiger partial charge in [-0.2, -0.15) is 5.10 Å². The number of hydrogen-bond acceptors (Lipinski definition) is 4. The molecule has 0 atom stereocenters. The number of H-pyrrole nitrogens is 1. The van der Waals surface area contributed by atoms with Crippen molar-refractivity contribution in [3.8, 4) is 10.6 Å². The largest absolute Gasteiger partial charge is 0.382 e. The highest BCUT2D eigenvalue weighted by Gasteiger charge is 2.09. The van der Waals surface area contributed by atoms with Crippen LogP contribution in [-0.4, -0.2) is 15.2 Å². The van der Waals surface area contributed by atoms with E-state index >= 15 is 0 Å². The van der Waals surface area contributed by atoms with Gasteiger partial charge in [0.2, 0.25) is 0 Å². The van der Waals surface area contributed by atoms with Crippen molar-refractivity contribution in [3.63, 3.8) is 0 Å². The molecule has 0 amide bonds. The fourth-order valence-electron chi connectivity index (χ4n) is 1.23. The lowest BCUT2D eigenvalue weighted by Gasteiger charge is -1.89. The Hall–Kier alpha value is -1.36. The molecule has 0 spiro atoms. The van der Waals surface area contributed by atoms with Crippen LogP contribution in [0.2, 0.25) is 0 Å². The van der Waals surface area contributed by atoms with Gasteiger partial charge < -0.3 is 5.73 Å². The summed E-state index contributed by atoms with van der Waals surface area (Å²) in [6.45, 7) is 3.97. The molecular formula is C8H10N4S. The number of aryl methyl sites for hydroxylation is 2. The van der Waals surface area contributed by atoms with E-state index in [1.807, 2.05) is 19.9 Å². The first-order valence-corrected chi connectivity index (χ1v) is 4.74. The first-order valence-electron chi connectivity index (χ1n) is 3.92. The summed E-state index contributed by atoms with van der Waals surface area (Å²) in [5.41, 5.74) is 7.48. The van der Waals surface area contributed by atoms with Gasteiger partial charge in [-0.15, -0.1) is 11.3 Å². The standard InChI is InChI=1S/C8H10N4S/c1-4-8(13-5(2)10-4)6-3-7(9)12-11-6/h3H,1-2H3,(H3,9,11,12). The van der Waals surface area contributed by atoms with Gasteiger partial charge in [0, 0.05) is 6.07 Å². The van der Waals surface area contributed by atoms with Crippen molar-refractivity contribution in [2.75, 3.05) is 5.73 Å². The molecular weight excluding hydrogens is 184 g/mol. The van der Waals surface area contributed by atoms with Crippen LogP contribution in [0, 0.1) is 13.8 Å². The first kappa shape index (κ1) is 8.25. The third-order valence-corrected chi connectivity index (χ3v) is 2.85. The fraction of sp³-hybridized carbons (Fsp3) is 0.250. The minimum absolute atomic E-state index is 0.514. The summed E-state index contributed by atoms with van der Waals surface area (Å²) in [4.78, 5) is 5.44. The average Bonchev–Trinajstić information content (AvgIpc) is 2.58. The van der Waals surface area contributed by atoms with E-state index in [0.717, 1.165) is 21.3 Å². The number of aromatic nitrogens is 3. The van der Waals surface area contributed by atoms with E-state index in [-0.39, 0.29) is 0 Å². The molecule has 2 aromatic rings. The molecule has 0 saturated carbocycles. The number of nitrogens with one attached hydrogen (secondary N) is 1. The third-order valence-electron chi connectivity index (χ3n) is 1.75. The molecule has 13 heavy (non-hydrogen) atoms. The molecule has 5 heteroatoms. The summed E-state index contributed by atoms with van der Waals surface area (Å²) in [5.74, 6) is 0.514. The quantitative estimate of drug-likeness (QED) is 0.726. The van der Waals surface area contributed by atoms with Crippen LogP contribution in [0.25, 0.3) is 10.6 Å². The molecule has 68 valence electrons. The van der Waals surface area contributed by atoms with Crippen LogP contribution in [0.15, 0.2) is 6.07 Å². The molecule has 4 nitrogen and oxygen atoms in total. The van der Waals surface area contributed by atoms with Gasteiger partial charge in [0.25, 0.3) is 0 Å². The lowest BCUT2D eigenvalue weighted by molar-refractivity contribution is 1.10. The van der Waals surface area contributed by atoms with E-state index in [2.05, 4.69) is 15.2 Å². The van der Waals surface area contributed by atoms with Gasteiger partial charge in [0.05, 0.1) is 21.3 Å². The second kappa shape index (κ2) is 2.85. The lowest BCUT2D eigenvalue weighted by atomic mass is 10.3. The monoisotopic (exact) mass is 194 g/mol. The maximum atomic E-state index is 5.51. The topological polar surface area (TPSA) is 67.6 Å². The molecule has 2 heterocycles. The molecule has 0 aliphatic rings. The first-order chi connectivity index (χ1) is 6.16. The molecule has 3 N–H and O–H groups in total. The molecule has 0 unspecified atom stereocenters. The van der Waals surface area contributed by atoms with Crippen molar-refractivity contribution in [1.82, 2.24) is 15.2 Å². The Balaban J connectivity index is 2.51. The number of aromatic amines is 1. The Bertz CT molecular complexity index is 429. The van der Waals surface area contributed by atoms with Gasteiger partial charge in [-0.1, -0.05) is 0 Å². The Labute approximate surface area is 79.8 Å².